The molecule has 6 nitrogen and oxygen atoms in total. The summed E-state index contributed by atoms with van der Waals surface area (Å²) in [5.41, 5.74) is 1.31. The van der Waals surface area contributed by atoms with E-state index in [1.54, 1.807) is 6.08 Å². The Labute approximate surface area is 272 Å². The number of benzene rings is 1. The van der Waals surface area contributed by atoms with Crippen molar-refractivity contribution in [2.75, 3.05) is 7.11 Å². The molecule has 0 unspecified atom stereocenters. The van der Waals surface area contributed by atoms with Crippen LogP contribution in [0.2, 0.25) is 0 Å². The zero-order valence-electron chi connectivity index (χ0n) is 28.4. The van der Waals surface area contributed by atoms with Crippen LogP contribution in [0.4, 0.5) is 0 Å². The summed E-state index contributed by atoms with van der Waals surface area (Å²) in [6.07, 6.45) is 23.2. The van der Waals surface area contributed by atoms with Gasteiger partial charge < -0.3 is 19.1 Å². The lowest BCUT2D eigenvalue weighted by atomic mass is 9.70. The Hall–Kier alpha value is -3.02. The van der Waals surface area contributed by atoms with Gasteiger partial charge in [0.2, 0.25) is 0 Å². The Kier molecular flexibility index (Phi) is 17.7. The molecule has 0 saturated heterocycles. The van der Waals surface area contributed by atoms with E-state index in [1.165, 1.54) is 96.2 Å². The average Bonchev–Trinajstić information content (AvgIpc) is 3.09. The summed E-state index contributed by atoms with van der Waals surface area (Å²) in [4.78, 5) is 45.5. The Balaban J connectivity index is 0.000000296. The Morgan fingerprint density at radius 2 is 1.27 bits per heavy atom. The third kappa shape index (κ3) is 11.7. The van der Waals surface area contributed by atoms with Crippen LogP contribution < -0.4 is 9.47 Å². The first-order valence-corrected chi connectivity index (χ1v) is 17.4. The standard InChI is InChI=1S/C20H22O5.C14H24O.C5H12/c1-4-16-17(5-2)19(15(12-22)10-18(16)24-3)25-20(23)14-8-6-13(11-21)7-9-14;1-11-2-6-13(7-3-11)14-8-4-12(10-15)5-9-14;1-3-5-4-2/h4-5,10-14H,1-2,6-9H2,3H3;10-14H,2-9H2,1H3;3-5H2,1-2H3. The van der Waals surface area contributed by atoms with Crippen molar-refractivity contribution in [1.82, 2.24) is 0 Å². The smallest absolute Gasteiger partial charge is 0.314 e. The molecule has 0 aliphatic heterocycles. The molecule has 3 fully saturated rings. The minimum atomic E-state index is -0.393. The summed E-state index contributed by atoms with van der Waals surface area (Å²) >= 11 is 0. The molecule has 45 heavy (non-hydrogen) atoms. The number of rotatable bonds is 11. The van der Waals surface area contributed by atoms with Crippen molar-refractivity contribution in [2.45, 2.75) is 117 Å². The maximum Gasteiger partial charge on any atom is 0.314 e. The van der Waals surface area contributed by atoms with Crippen molar-refractivity contribution in [2.24, 2.45) is 35.5 Å². The van der Waals surface area contributed by atoms with E-state index in [-0.39, 0.29) is 23.1 Å². The third-order valence-corrected chi connectivity index (χ3v) is 10.0. The van der Waals surface area contributed by atoms with Gasteiger partial charge in [0.1, 0.15) is 24.1 Å². The highest BCUT2D eigenvalue weighted by molar-refractivity contribution is 5.90. The Bertz CT molecular complexity index is 1080. The van der Waals surface area contributed by atoms with Crippen molar-refractivity contribution in [3.8, 4) is 11.5 Å². The molecule has 1 aromatic carbocycles. The molecule has 3 saturated carbocycles. The first-order chi connectivity index (χ1) is 21.8. The second kappa shape index (κ2) is 20.9. The van der Waals surface area contributed by atoms with E-state index in [4.69, 9.17) is 9.47 Å². The molecule has 3 aliphatic rings. The summed E-state index contributed by atoms with van der Waals surface area (Å²) < 4.78 is 10.8. The van der Waals surface area contributed by atoms with Crippen LogP contribution in [0.5, 0.6) is 11.5 Å². The first kappa shape index (κ1) is 38.2. The van der Waals surface area contributed by atoms with Gasteiger partial charge in [0.15, 0.2) is 6.29 Å². The molecule has 0 aromatic heterocycles. The first-order valence-electron chi connectivity index (χ1n) is 17.4. The summed E-state index contributed by atoms with van der Waals surface area (Å²) in [5, 5.41) is 0. The van der Waals surface area contributed by atoms with Crippen LogP contribution in [0.1, 0.15) is 139 Å². The lowest BCUT2D eigenvalue weighted by Gasteiger charge is -2.36. The van der Waals surface area contributed by atoms with Crippen LogP contribution in [0.15, 0.2) is 19.2 Å². The van der Waals surface area contributed by atoms with Crippen molar-refractivity contribution in [1.29, 1.82) is 0 Å². The topological polar surface area (TPSA) is 86.7 Å². The average molecular weight is 623 g/mol. The second-order valence-electron chi connectivity index (χ2n) is 13.2. The summed E-state index contributed by atoms with van der Waals surface area (Å²) in [5.74, 6) is 3.28. The van der Waals surface area contributed by atoms with Crippen LogP contribution in [-0.4, -0.2) is 31.9 Å². The minimum absolute atomic E-state index is 0.0201. The Morgan fingerprint density at radius 3 is 1.67 bits per heavy atom. The number of ether oxygens (including phenoxy) is 2. The van der Waals surface area contributed by atoms with Crippen molar-refractivity contribution < 1.29 is 28.7 Å². The number of methoxy groups -OCH3 is 1. The largest absolute Gasteiger partial charge is 0.496 e. The monoisotopic (exact) mass is 622 g/mol. The summed E-state index contributed by atoms with van der Waals surface area (Å²) in [6.45, 7) is 14.3. The normalized spacial score (nSPS) is 26.0. The highest BCUT2D eigenvalue weighted by Gasteiger charge is 2.30. The van der Waals surface area contributed by atoms with Crippen molar-refractivity contribution in [3.05, 3.63) is 35.9 Å². The second-order valence-corrected chi connectivity index (χ2v) is 13.2. The van der Waals surface area contributed by atoms with Gasteiger partial charge in [-0.2, -0.15) is 0 Å². The molecule has 1 aromatic rings. The Morgan fingerprint density at radius 1 is 0.778 bits per heavy atom. The zero-order chi connectivity index (χ0) is 33.2. The van der Waals surface area contributed by atoms with Gasteiger partial charge in [-0.1, -0.05) is 78.2 Å². The van der Waals surface area contributed by atoms with Gasteiger partial charge in [-0.3, -0.25) is 9.59 Å². The van der Waals surface area contributed by atoms with E-state index in [1.807, 2.05) is 0 Å². The van der Waals surface area contributed by atoms with E-state index in [0.29, 0.717) is 54.8 Å². The summed E-state index contributed by atoms with van der Waals surface area (Å²) in [7, 11) is 1.49. The third-order valence-electron chi connectivity index (χ3n) is 10.0. The zero-order valence-corrected chi connectivity index (χ0v) is 28.4. The molecule has 3 aliphatic carbocycles. The van der Waals surface area contributed by atoms with E-state index < -0.39 is 5.97 Å². The van der Waals surface area contributed by atoms with Crippen LogP contribution in [0.25, 0.3) is 12.2 Å². The fraction of sp³-hybridized carbons (Fsp3) is 0.641. The molecule has 6 heteroatoms. The number of unbranched alkanes of at least 4 members (excludes halogenated alkanes) is 2. The van der Waals surface area contributed by atoms with Gasteiger partial charge in [-0.15, -0.1) is 0 Å². The maximum absolute atomic E-state index is 12.5. The fourth-order valence-corrected chi connectivity index (χ4v) is 7.02. The SMILES string of the molecule is C=Cc1c(OC)cc(C=O)c(OC(=O)C2CCC(C=O)CC2)c1C=C.CC1CCC(C2CCC(C=O)CC2)CC1.CCCCC. The molecular formula is C39H58O6. The quantitative estimate of drug-likeness (QED) is 0.139. The van der Waals surface area contributed by atoms with Crippen LogP contribution >= 0.6 is 0 Å². The van der Waals surface area contributed by atoms with Gasteiger partial charge >= 0.3 is 5.97 Å². The van der Waals surface area contributed by atoms with Gasteiger partial charge in [0.25, 0.3) is 0 Å². The lowest BCUT2D eigenvalue weighted by Crippen LogP contribution is -2.26. The van der Waals surface area contributed by atoms with Crippen molar-refractivity contribution >= 4 is 37.0 Å². The van der Waals surface area contributed by atoms with Gasteiger partial charge in [-0.25, -0.2) is 0 Å². The molecule has 0 bridgehead atoms. The molecule has 0 heterocycles. The highest BCUT2D eigenvalue weighted by atomic mass is 16.5. The number of hydrogen-bond acceptors (Lipinski definition) is 6. The molecule has 0 N–H and O–H groups in total. The molecular weight excluding hydrogens is 564 g/mol. The van der Waals surface area contributed by atoms with Crippen molar-refractivity contribution in [3.63, 3.8) is 0 Å². The molecule has 0 radical (unpaired) electrons. The predicted octanol–water partition coefficient (Wildman–Crippen LogP) is 9.72. The van der Waals surface area contributed by atoms with E-state index >= 15 is 0 Å². The molecule has 0 amide bonds. The van der Waals surface area contributed by atoms with E-state index in [0.717, 1.165) is 24.0 Å². The number of esters is 1. The molecule has 250 valence electrons. The molecule has 0 spiro atoms. The van der Waals surface area contributed by atoms with Gasteiger partial charge in [0, 0.05) is 23.0 Å². The fourth-order valence-electron chi connectivity index (χ4n) is 7.02. The predicted molar refractivity (Wildman–Crippen MR) is 184 cm³/mol. The number of aldehydes is 3. The summed E-state index contributed by atoms with van der Waals surface area (Å²) in [6, 6.07) is 1.52. The van der Waals surface area contributed by atoms with Crippen LogP contribution in [0, 0.1) is 35.5 Å². The number of hydrogen-bond donors (Lipinski definition) is 0. The molecule has 0 atom stereocenters. The van der Waals surface area contributed by atoms with E-state index in [2.05, 4.69) is 33.9 Å². The van der Waals surface area contributed by atoms with E-state index in [9.17, 15) is 19.2 Å². The van der Waals surface area contributed by atoms with Gasteiger partial charge in [0.05, 0.1) is 18.6 Å². The minimum Gasteiger partial charge on any atom is -0.496 e. The van der Waals surface area contributed by atoms with Crippen LogP contribution in [-0.2, 0) is 14.4 Å². The number of carbonyl (C=O) groups excluding carboxylic acids is 4. The highest BCUT2D eigenvalue weighted by Crippen LogP contribution is 2.41. The lowest BCUT2D eigenvalue weighted by molar-refractivity contribution is -0.140. The number of carbonyl (C=O) groups is 4. The van der Waals surface area contributed by atoms with Gasteiger partial charge in [-0.05, 0) is 88.0 Å². The van der Waals surface area contributed by atoms with Crippen LogP contribution in [0.3, 0.4) is 0 Å². The molecule has 4 rings (SSSR count). The maximum atomic E-state index is 12.5.